The van der Waals surface area contributed by atoms with Crippen molar-refractivity contribution < 1.29 is 19.8 Å². The number of unbranched alkanes of at least 4 members (excludes halogenated alkanes) is 2. The molecule has 0 aromatic heterocycles. The quantitative estimate of drug-likeness (QED) is 0.458. The molecule has 25 heavy (non-hydrogen) atoms. The molecule has 1 aliphatic carbocycles. The van der Waals surface area contributed by atoms with E-state index in [0.29, 0.717) is 24.6 Å². The van der Waals surface area contributed by atoms with Crippen LogP contribution >= 0.6 is 11.8 Å². The van der Waals surface area contributed by atoms with Gasteiger partial charge in [0.1, 0.15) is 0 Å². The first kappa shape index (κ1) is 20.4. The molecule has 7 heteroatoms. The molecule has 3 N–H and O–H groups in total. The van der Waals surface area contributed by atoms with Crippen molar-refractivity contribution >= 4 is 23.8 Å². The van der Waals surface area contributed by atoms with Crippen LogP contribution in [0.1, 0.15) is 64.7 Å². The third-order valence-electron chi connectivity index (χ3n) is 5.19. The predicted octanol–water partition coefficient (Wildman–Crippen LogP) is 2.84. The molecule has 1 saturated heterocycles. The zero-order valence-electron chi connectivity index (χ0n) is 15.2. The Kier molecular flexibility index (Phi) is 8.36. The number of carboxylic acids is 1. The normalized spacial score (nSPS) is 26.6. The summed E-state index contributed by atoms with van der Waals surface area (Å²) in [5.74, 6) is 0.125. The van der Waals surface area contributed by atoms with Crippen molar-refractivity contribution in [1.82, 2.24) is 10.2 Å². The number of thioether (sulfide) groups is 1. The molecule has 4 atom stereocenters. The number of carbonyl (C=O) groups is 2. The molecule has 144 valence electrons. The number of hydrogen-bond acceptors (Lipinski definition) is 4. The third kappa shape index (κ3) is 6.37. The van der Waals surface area contributed by atoms with Crippen LogP contribution in [0.25, 0.3) is 0 Å². The van der Waals surface area contributed by atoms with Gasteiger partial charge in [0.25, 0.3) is 0 Å². The van der Waals surface area contributed by atoms with Crippen molar-refractivity contribution in [3.05, 3.63) is 0 Å². The van der Waals surface area contributed by atoms with Crippen LogP contribution in [0.3, 0.4) is 0 Å². The zero-order valence-corrected chi connectivity index (χ0v) is 16.0. The average Bonchev–Trinajstić information content (AvgIpc) is 3.06. The van der Waals surface area contributed by atoms with Crippen LogP contribution in [-0.2, 0) is 4.79 Å². The number of aliphatic hydroxyl groups is 1. The van der Waals surface area contributed by atoms with Crippen molar-refractivity contribution in [2.24, 2.45) is 0 Å². The third-order valence-corrected chi connectivity index (χ3v) is 6.57. The monoisotopic (exact) mass is 372 g/mol. The van der Waals surface area contributed by atoms with Crippen LogP contribution in [0, 0.1) is 0 Å². The van der Waals surface area contributed by atoms with Crippen LogP contribution < -0.4 is 5.32 Å². The van der Waals surface area contributed by atoms with Crippen molar-refractivity contribution in [2.75, 3.05) is 12.3 Å². The number of amides is 2. The van der Waals surface area contributed by atoms with Gasteiger partial charge in [-0.2, -0.15) is 11.8 Å². The van der Waals surface area contributed by atoms with Crippen molar-refractivity contribution in [3.8, 4) is 0 Å². The number of nitrogens with zero attached hydrogens (tertiary/aromatic N) is 1. The number of rotatable bonds is 12. The van der Waals surface area contributed by atoms with Gasteiger partial charge in [0.2, 0.25) is 0 Å². The summed E-state index contributed by atoms with van der Waals surface area (Å²) in [7, 11) is 0. The van der Waals surface area contributed by atoms with Crippen molar-refractivity contribution in [2.45, 2.75) is 88.1 Å². The SMILES string of the molecule is CCCCCC(O)CCN1C(=O)NC2CC(SCCCC(=O)O)CC21. The first-order valence-corrected chi connectivity index (χ1v) is 10.6. The standard InChI is InChI=1S/C18H32N2O4S/c1-2-3-4-6-13(21)8-9-20-16-12-14(11-15(16)19-18(20)24)25-10-5-7-17(22)23/h13-16,21H,2-12H2,1H3,(H,19,24)(H,22,23). The van der Waals surface area contributed by atoms with Crippen molar-refractivity contribution in [1.29, 1.82) is 0 Å². The first-order valence-electron chi connectivity index (χ1n) is 9.59. The molecule has 2 aliphatic rings. The molecular formula is C18H32N2O4S. The molecule has 2 amide bonds. The highest BCUT2D eigenvalue weighted by atomic mass is 32.2. The molecule has 0 aromatic rings. The van der Waals surface area contributed by atoms with Gasteiger partial charge in [-0.25, -0.2) is 4.79 Å². The van der Waals surface area contributed by atoms with Gasteiger partial charge in [-0.05, 0) is 37.9 Å². The van der Waals surface area contributed by atoms with E-state index in [1.807, 2.05) is 16.7 Å². The summed E-state index contributed by atoms with van der Waals surface area (Å²) in [6.07, 6.45) is 7.35. The van der Waals surface area contributed by atoms with Gasteiger partial charge in [0.05, 0.1) is 18.2 Å². The van der Waals surface area contributed by atoms with E-state index in [4.69, 9.17) is 5.11 Å². The van der Waals surface area contributed by atoms with E-state index in [1.54, 1.807) is 0 Å². The number of nitrogens with one attached hydrogen (secondary N) is 1. The van der Waals surface area contributed by atoms with E-state index in [9.17, 15) is 14.7 Å². The van der Waals surface area contributed by atoms with Crippen LogP contribution in [0.5, 0.6) is 0 Å². The molecular weight excluding hydrogens is 340 g/mol. The van der Waals surface area contributed by atoms with E-state index >= 15 is 0 Å². The van der Waals surface area contributed by atoms with E-state index in [2.05, 4.69) is 12.2 Å². The predicted molar refractivity (Wildman–Crippen MR) is 99.9 cm³/mol. The smallest absolute Gasteiger partial charge is 0.318 e. The van der Waals surface area contributed by atoms with Gasteiger partial charge in [-0.15, -0.1) is 0 Å². The fourth-order valence-electron chi connectivity index (χ4n) is 3.80. The lowest BCUT2D eigenvalue weighted by Crippen LogP contribution is -2.36. The fraction of sp³-hybridized carbons (Fsp3) is 0.889. The number of carbonyl (C=O) groups excluding carboxylic acids is 1. The second-order valence-corrected chi connectivity index (χ2v) is 8.62. The summed E-state index contributed by atoms with van der Waals surface area (Å²) < 4.78 is 0. The number of carboxylic acid groups (broad SMARTS) is 1. The number of fused-ring (bicyclic) bond motifs is 1. The lowest BCUT2D eigenvalue weighted by atomic mass is 10.1. The Balaban J connectivity index is 1.70. The maximum Gasteiger partial charge on any atom is 0.318 e. The summed E-state index contributed by atoms with van der Waals surface area (Å²) in [5.41, 5.74) is 0. The molecule has 4 unspecified atom stereocenters. The molecule has 1 heterocycles. The molecule has 0 radical (unpaired) electrons. The van der Waals surface area contributed by atoms with Crippen LogP contribution in [-0.4, -0.2) is 62.8 Å². The lowest BCUT2D eigenvalue weighted by molar-refractivity contribution is -0.137. The van der Waals surface area contributed by atoms with Gasteiger partial charge in [0, 0.05) is 18.2 Å². The second kappa shape index (κ2) is 10.3. The van der Waals surface area contributed by atoms with Crippen LogP contribution in [0.15, 0.2) is 0 Å². The minimum atomic E-state index is -0.736. The summed E-state index contributed by atoms with van der Waals surface area (Å²) >= 11 is 1.83. The Morgan fingerprint density at radius 2 is 2.12 bits per heavy atom. The highest BCUT2D eigenvalue weighted by Crippen LogP contribution is 2.36. The minimum absolute atomic E-state index is 0.00471. The molecule has 2 fully saturated rings. The summed E-state index contributed by atoms with van der Waals surface area (Å²) in [6.45, 7) is 2.77. The summed E-state index contributed by atoms with van der Waals surface area (Å²) in [5, 5.41) is 22.3. The Labute approximate surface area is 154 Å². The van der Waals surface area contributed by atoms with E-state index in [0.717, 1.165) is 44.3 Å². The maximum absolute atomic E-state index is 12.2. The highest BCUT2D eigenvalue weighted by molar-refractivity contribution is 7.99. The van der Waals surface area contributed by atoms with Gasteiger partial charge in [-0.3, -0.25) is 4.79 Å². The number of aliphatic carboxylic acids is 1. The molecule has 1 aliphatic heterocycles. The van der Waals surface area contributed by atoms with Crippen LogP contribution in [0.4, 0.5) is 4.79 Å². The second-order valence-electron chi connectivity index (χ2n) is 7.22. The molecule has 6 nitrogen and oxygen atoms in total. The fourth-order valence-corrected chi connectivity index (χ4v) is 5.12. The Morgan fingerprint density at radius 1 is 1.32 bits per heavy atom. The topological polar surface area (TPSA) is 89.9 Å². The number of aliphatic hydroxyl groups excluding tert-OH is 1. The maximum atomic E-state index is 12.2. The Bertz CT molecular complexity index is 449. The Morgan fingerprint density at radius 3 is 2.84 bits per heavy atom. The van der Waals surface area contributed by atoms with Crippen molar-refractivity contribution in [3.63, 3.8) is 0 Å². The Hall–Kier alpha value is -0.950. The molecule has 2 rings (SSSR count). The molecule has 1 saturated carbocycles. The average molecular weight is 373 g/mol. The summed E-state index contributed by atoms with van der Waals surface area (Å²) in [4.78, 5) is 24.6. The molecule has 0 bridgehead atoms. The minimum Gasteiger partial charge on any atom is -0.481 e. The zero-order chi connectivity index (χ0) is 18.2. The largest absolute Gasteiger partial charge is 0.481 e. The van der Waals surface area contributed by atoms with Gasteiger partial charge in [-0.1, -0.05) is 26.2 Å². The van der Waals surface area contributed by atoms with E-state index < -0.39 is 5.97 Å². The molecule has 0 aromatic carbocycles. The van der Waals surface area contributed by atoms with Gasteiger partial charge in [0.15, 0.2) is 0 Å². The lowest BCUT2D eigenvalue weighted by Gasteiger charge is -2.24. The van der Waals surface area contributed by atoms with Gasteiger partial charge >= 0.3 is 12.0 Å². The van der Waals surface area contributed by atoms with E-state index in [-0.39, 0.29) is 30.6 Å². The van der Waals surface area contributed by atoms with Gasteiger partial charge < -0.3 is 20.4 Å². The summed E-state index contributed by atoms with van der Waals surface area (Å²) in [6, 6.07) is 0.444. The first-order chi connectivity index (χ1) is 12.0. The van der Waals surface area contributed by atoms with E-state index in [1.165, 1.54) is 0 Å². The van der Waals surface area contributed by atoms with Crippen LogP contribution in [0.2, 0.25) is 0 Å². The number of hydrogen-bond donors (Lipinski definition) is 3. The highest BCUT2D eigenvalue weighted by Gasteiger charge is 2.45. The molecule has 0 spiro atoms. The number of urea groups is 1.